The zero-order valence-corrected chi connectivity index (χ0v) is 13.9. The van der Waals surface area contributed by atoms with Crippen LogP contribution in [-0.4, -0.2) is 38.9 Å². The van der Waals surface area contributed by atoms with Crippen LogP contribution in [0, 0.1) is 0 Å². The number of para-hydroxylation sites is 1. The Morgan fingerprint density at radius 2 is 1.68 bits per heavy atom. The van der Waals surface area contributed by atoms with E-state index in [4.69, 9.17) is 14.2 Å². The predicted octanol–water partition coefficient (Wildman–Crippen LogP) is 3.81. The zero-order valence-electron chi connectivity index (χ0n) is 13.9. The van der Waals surface area contributed by atoms with Crippen LogP contribution in [0.25, 0.3) is 0 Å². The highest BCUT2D eigenvalue weighted by Gasteiger charge is 2.42. The van der Waals surface area contributed by atoms with Gasteiger partial charge in [-0.25, -0.2) is 0 Å². The van der Waals surface area contributed by atoms with Gasteiger partial charge in [-0.3, -0.25) is 0 Å². The molecule has 0 aliphatic carbocycles. The quantitative estimate of drug-likeness (QED) is 0.513. The maximum absolute atomic E-state index is 6.20. The molecule has 4 heteroatoms. The standard InChI is InChI=1S/C18H29NO3/c1-3-5-13-21-18(22-14-6-4-2)16-20-15-12-19(18)17-10-8-7-9-11-17/h7-11H,3-6,12-16H2,1-2H3. The van der Waals surface area contributed by atoms with Gasteiger partial charge in [0.05, 0.1) is 19.8 Å². The first-order valence-electron chi connectivity index (χ1n) is 8.50. The second-order valence-electron chi connectivity index (χ2n) is 5.66. The molecule has 1 saturated heterocycles. The minimum absolute atomic E-state index is 0.454. The van der Waals surface area contributed by atoms with Crippen molar-refractivity contribution < 1.29 is 14.2 Å². The van der Waals surface area contributed by atoms with Crippen LogP contribution in [-0.2, 0) is 14.2 Å². The third kappa shape index (κ3) is 4.45. The van der Waals surface area contributed by atoms with Crippen LogP contribution in [0.15, 0.2) is 30.3 Å². The van der Waals surface area contributed by atoms with Crippen LogP contribution in [0.2, 0.25) is 0 Å². The van der Waals surface area contributed by atoms with Crippen LogP contribution in [0.1, 0.15) is 39.5 Å². The lowest BCUT2D eigenvalue weighted by molar-refractivity contribution is -0.273. The molecule has 2 rings (SSSR count). The summed E-state index contributed by atoms with van der Waals surface area (Å²) < 4.78 is 18.1. The maximum atomic E-state index is 6.20. The molecular weight excluding hydrogens is 278 g/mol. The molecule has 0 amide bonds. The van der Waals surface area contributed by atoms with E-state index < -0.39 is 5.91 Å². The van der Waals surface area contributed by atoms with E-state index in [-0.39, 0.29) is 0 Å². The lowest BCUT2D eigenvalue weighted by Crippen LogP contribution is -2.61. The van der Waals surface area contributed by atoms with Crippen molar-refractivity contribution in [2.45, 2.75) is 45.4 Å². The summed E-state index contributed by atoms with van der Waals surface area (Å²) >= 11 is 0. The van der Waals surface area contributed by atoms with Gasteiger partial charge in [0, 0.05) is 12.2 Å². The fourth-order valence-electron chi connectivity index (χ4n) is 2.57. The topological polar surface area (TPSA) is 30.9 Å². The summed E-state index contributed by atoms with van der Waals surface area (Å²) in [5, 5.41) is 0. The Morgan fingerprint density at radius 1 is 1.05 bits per heavy atom. The molecule has 1 heterocycles. The van der Waals surface area contributed by atoms with Gasteiger partial charge in [0.1, 0.15) is 6.61 Å². The molecular formula is C18H29NO3. The highest BCUT2D eigenvalue weighted by molar-refractivity contribution is 5.48. The molecule has 1 aromatic rings. The SMILES string of the molecule is CCCCOC1(OCCCC)COCCN1c1ccccc1. The minimum atomic E-state index is -0.788. The second kappa shape index (κ2) is 9.13. The summed E-state index contributed by atoms with van der Waals surface area (Å²) in [6, 6.07) is 10.3. The van der Waals surface area contributed by atoms with Gasteiger partial charge in [0.25, 0.3) is 5.91 Å². The lowest BCUT2D eigenvalue weighted by atomic mass is 10.2. The van der Waals surface area contributed by atoms with Crippen molar-refractivity contribution in [3.8, 4) is 0 Å². The third-order valence-electron chi connectivity index (χ3n) is 3.87. The summed E-state index contributed by atoms with van der Waals surface area (Å²) in [4.78, 5) is 2.21. The number of nitrogens with zero attached hydrogens (tertiary/aromatic N) is 1. The first-order valence-corrected chi connectivity index (χ1v) is 8.50. The van der Waals surface area contributed by atoms with Gasteiger partial charge in [-0.15, -0.1) is 0 Å². The molecule has 0 spiro atoms. The predicted molar refractivity (Wildman–Crippen MR) is 89.1 cm³/mol. The molecule has 0 radical (unpaired) electrons. The summed E-state index contributed by atoms with van der Waals surface area (Å²) in [6.07, 6.45) is 4.28. The van der Waals surface area contributed by atoms with Crippen LogP contribution < -0.4 is 4.90 Å². The van der Waals surface area contributed by atoms with Crippen LogP contribution in [0.3, 0.4) is 0 Å². The zero-order chi connectivity index (χ0) is 15.7. The summed E-state index contributed by atoms with van der Waals surface area (Å²) in [6.45, 7) is 7.65. The van der Waals surface area contributed by atoms with Gasteiger partial charge < -0.3 is 19.1 Å². The molecule has 0 unspecified atom stereocenters. The summed E-state index contributed by atoms with van der Waals surface area (Å²) in [5.41, 5.74) is 1.12. The molecule has 1 aliphatic rings. The highest BCUT2D eigenvalue weighted by Crippen LogP contribution is 2.30. The van der Waals surface area contributed by atoms with Crippen molar-refractivity contribution in [3.63, 3.8) is 0 Å². The normalized spacial score (nSPS) is 17.6. The van der Waals surface area contributed by atoms with Crippen molar-refractivity contribution in [2.24, 2.45) is 0 Å². The van der Waals surface area contributed by atoms with E-state index in [1.807, 2.05) is 18.2 Å². The molecule has 0 N–H and O–H groups in total. The minimum Gasteiger partial charge on any atom is -0.372 e. The van der Waals surface area contributed by atoms with Crippen LogP contribution in [0.5, 0.6) is 0 Å². The maximum Gasteiger partial charge on any atom is 0.276 e. The third-order valence-corrected chi connectivity index (χ3v) is 3.87. The van der Waals surface area contributed by atoms with Crippen molar-refractivity contribution in [1.82, 2.24) is 0 Å². The molecule has 1 aromatic carbocycles. The number of hydrogen-bond acceptors (Lipinski definition) is 4. The monoisotopic (exact) mass is 307 g/mol. The molecule has 0 atom stereocenters. The second-order valence-corrected chi connectivity index (χ2v) is 5.66. The average molecular weight is 307 g/mol. The van der Waals surface area contributed by atoms with E-state index in [1.165, 1.54) is 0 Å². The fourth-order valence-corrected chi connectivity index (χ4v) is 2.57. The molecule has 1 fully saturated rings. The number of rotatable bonds is 9. The van der Waals surface area contributed by atoms with Gasteiger partial charge in [-0.1, -0.05) is 44.9 Å². The van der Waals surface area contributed by atoms with Crippen LogP contribution >= 0.6 is 0 Å². The number of morpholine rings is 1. The smallest absolute Gasteiger partial charge is 0.276 e. The Hall–Kier alpha value is -1.10. The average Bonchev–Trinajstić information content (AvgIpc) is 2.57. The van der Waals surface area contributed by atoms with E-state index in [1.54, 1.807) is 0 Å². The lowest BCUT2D eigenvalue weighted by Gasteiger charge is -2.46. The largest absolute Gasteiger partial charge is 0.372 e. The molecule has 0 bridgehead atoms. The molecule has 124 valence electrons. The van der Waals surface area contributed by atoms with E-state index in [9.17, 15) is 0 Å². The fraction of sp³-hybridized carbons (Fsp3) is 0.667. The Balaban J connectivity index is 2.16. The van der Waals surface area contributed by atoms with E-state index in [2.05, 4.69) is 30.9 Å². The molecule has 22 heavy (non-hydrogen) atoms. The van der Waals surface area contributed by atoms with Crippen molar-refractivity contribution in [1.29, 1.82) is 0 Å². The molecule has 1 aliphatic heterocycles. The summed E-state index contributed by atoms with van der Waals surface area (Å²) in [7, 11) is 0. The number of anilines is 1. The number of unbranched alkanes of at least 4 members (excludes halogenated alkanes) is 2. The van der Waals surface area contributed by atoms with Gasteiger partial charge >= 0.3 is 0 Å². The molecule has 0 saturated carbocycles. The van der Waals surface area contributed by atoms with E-state index in [0.29, 0.717) is 26.4 Å². The van der Waals surface area contributed by atoms with Crippen molar-refractivity contribution in [3.05, 3.63) is 30.3 Å². The summed E-state index contributed by atoms with van der Waals surface area (Å²) in [5.74, 6) is -0.788. The van der Waals surface area contributed by atoms with Crippen molar-refractivity contribution >= 4 is 5.69 Å². The number of hydrogen-bond donors (Lipinski definition) is 0. The van der Waals surface area contributed by atoms with E-state index >= 15 is 0 Å². The Morgan fingerprint density at radius 3 is 2.27 bits per heavy atom. The first kappa shape index (κ1) is 17.3. The van der Waals surface area contributed by atoms with E-state index in [0.717, 1.165) is 37.9 Å². The molecule has 4 nitrogen and oxygen atoms in total. The van der Waals surface area contributed by atoms with Gasteiger partial charge in [0.15, 0.2) is 0 Å². The van der Waals surface area contributed by atoms with Crippen LogP contribution in [0.4, 0.5) is 5.69 Å². The number of ether oxygens (including phenoxy) is 3. The van der Waals surface area contributed by atoms with Gasteiger partial charge in [0.2, 0.25) is 0 Å². The Bertz CT molecular complexity index is 400. The first-order chi connectivity index (χ1) is 10.8. The Labute approximate surface area is 134 Å². The van der Waals surface area contributed by atoms with Gasteiger partial charge in [-0.05, 0) is 25.0 Å². The number of benzene rings is 1. The molecule has 0 aromatic heterocycles. The highest BCUT2D eigenvalue weighted by atomic mass is 16.7. The van der Waals surface area contributed by atoms with Crippen molar-refractivity contribution in [2.75, 3.05) is 37.9 Å². The van der Waals surface area contributed by atoms with Gasteiger partial charge in [-0.2, -0.15) is 0 Å². The Kier molecular flexibility index (Phi) is 7.16.